The number of fused-ring (bicyclic) bond motifs is 1. The molecule has 1 aliphatic rings. The first-order valence-corrected chi connectivity index (χ1v) is 9.44. The Bertz CT molecular complexity index is 1110. The van der Waals surface area contributed by atoms with Gasteiger partial charge < -0.3 is 15.0 Å². The lowest BCUT2D eigenvalue weighted by Gasteiger charge is -2.18. The molecule has 1 fully saturated rings. The Morgan fingerprint density at radius 3 is 2.69 bits per heavy atom. The molecule has 0 amide bonds. The maximum atomic E-state index is 5.22. The van der Waals surface area contributed by atoms with E-state index in [1.54, 1.807) is 18.0 Å². The first-order valence-electron chi connectivity index (χ1n) is 9.44. The van der Waals surface area contributed by atoms with Crippen LogP contribution in [0.3, 0.4) is 0 Å². The Morgan fingerprint density at radius 1 is 1.07 bits per heavy atom. The highest BCUT2D eigenvalue weighted by Crippen LogP contribution is 2.22. The van der Waals surface area contributed by atoms with Gasteiger partial charge in [0.25, 0.3) is 0 Å². The number of hydrogen-bond donors (Lipinski definition) is 1. The van der Waals surface area contributed by atoms with E-state index < -0.39 is 0 Å². The summed E-state index contributed by atoms with van der Waals surface area (Å²) >= 11 is 0. The number of anilines is 2. The molecule has 1 saturated heterocycles. The van der Waals surface area contributed by atoms with Crippen LogP contribution in [0.2, 0.25) is 0 Å². The number of nitrogens with zero attached hydrogens (tertiary/aromatic N) is 7. The zero-order chi connectivity index (χ0) is 19.6. The Labute approximate surface area is 167 Å². The highest BCUT2D eigenvalue weighted by molar-refractivity contribution is 5.72. The van der Waals surface area contributed by atoms with Crippen LogP contribution in [0, 0.1) is 0 Å². The van der Waals surface area contributed by atoms with Gasteiger partial charge in [-0.05, 0) is 42.8 Å². The summed E-state index contributed by atoms with van der Waals surface area (Å²) in [6.45, 7) is 1.87. The number of pyridine rings is 1. The fourth-order valence-corrected chi connectivity index (χ4v) is 3.55. The Hall–Kier alpha value is -3.75. The second-order valence-electron chi connectivity index (χ2n) is 6.88. The number of rotatable bonds is 5. The Balaban J connectivity index is 1.36. The molecule has 29 heavy (non-hydrogen) atoms. The first kappa shape index (κ1) is 17.4. The van der Waals surface area contributed by atoms with Gasteiger partial charge in [-0.15, -0.1) is 5.10 Å². The monoisotopic (exact) mass is 388 g/mol. The number of methoxy groups -OCH3 is 1. The normalized spacial score (nSPS) is 16.3. The molecule has 146 valence electrons. The summed E-state index contributed by atoms with van der Waals surface area (Å²) < 4.78 is 6.93. The molecular weight excluding hydrogens is 368 g/mol. The van der Waals surface area contributed by atoms with E-state index in [4.69, 9.17) is 4.74 Å². The molecule has 0 radical (unpaired) electrons. The fourth-order valence-electron chi connectivity index (χ4n) is 3.55. The summed E-state index contributed by atoms with van der Waals surface area (Å²) in [5.74, 6) is 1.37. The van der Waals surface area contributed by atoms with Crippen molar-refractivity contribution in [2.45, 2.75) is 12.5 Å². The molecule has 9 nitrogen and oxygen atoms in total. The average Bonchev–Trinajstić information content (AvgIpc) is 3.41. The van der Waals surface area contributed by atoms with E-state index in [-0.39, 0.29) is 6.04 Å². The van der Waals surface area contributed by atoms with Crippen molar-refractivity contribution in [2.75, 3.05) is 30.4 Å². The summed E-state index contributed by atoms with van der Waals surface area (Å²) in [6, 6.07) is 11.9. The van der Waals surface area contributed by atoms with Crippen molar-refractivity contribution in [2.24, 2.45) is 0 Å². The smallest absolute Gasteiger partial charge is 0.225 e. The third kappa shape index (κ3) is 3.42. The molecule has 0 spiro atoms. The quantitative estimate of drug-likeness (QED) is 0.557. The minimum absolute atomic E-state index is 0.269. The number of aromatic nitrogens is 6. The van der Waals surface area contributed by atoms with Crippen molar-refractivity contribution in [3.63, 3.8) is 0 Å². The van der Waals surface area contributed by atoms with Gasteiger partial charge in [0.15, 0.2) is 11.2 Å². The lowest BCUT2D eigenvalue weighted by Crippen LogP contribution is -2.26. The fraction of sp³-hybridized carbons (Fsp3) is 0.250. The van der Waals surface area contributed by atoms with Crippen molar-refractivity contribution < 1.29 is 4.74 Å². The van der Waals surface area contributed by atoms with E-state index in [0.29, 0.717) is 17.1 Å². The topological polar surface area (TPSA) is 93.9 Å². The van der Waals surface area contributed by atoms with Crippen molar-refractivity contribution in [3.8, 4) is 11.4 Å². The summed E-state index contributed by atoms with van der Waals surface area (Å²) in [5, 5.41) is 11.9. The van der Waals surface area contributed by atoms with Gasteiger partial charge in [0.05, 0.1) is 19.0 Å². The third-order valence-electron chi connectivity index (χ3n) is 5.06. The summed E-state index contributed by atoms with van der Waals surface area (Å²) in [7, 11) is 1.64. The van der Waals surface area contributed by atoms with Crippen molar-refractivity contribution >= 4 is 22.8 Å². The molecule has 1 N–H and O–H groups in total. The van der Waals surface area contributed by atoms with Gasteiger partial charge in [0.1, 0.15) is 5.75 Å². The minimum atomic E-state index is 0.269. The van der Waals surface area contributed by atoms with Crippen LogP contribution in [0.5, 0.6) is 5.75 Å². The van der Waals surface area contributed by atoms with Gasteiger partial charge in [-0.3, -0.25) is 4.98 Å². The van der Waals surface area contributed by atoms with E-state index in [9.17, 15) is 0 Å². The highest BCUT2D eigenvalue weighted by atomic mass is 16.5. The molecule has 0 bridgehead atoms. The number of hydrogen-bond acceptors (Lipinski definition) is 8. The minimum Gasteiger partial charge on any atom is -0.497 e. The second-order valence-corrected chi connectivity index (χ2v) is 6.88. The van der Waals surface area contributed by atoms with Crippen LogP contribution in [0.4, 0.5) is 11.6 Å². The van der Waals surface area contributed by atoms with E-state index >= 15 is 0 Å². The van der Waals surface area contributed by atoms with Crippen molar-refractivity contribution in [1.29, 1.82) is 0 Å². The van der Waals surface area contributed by atoms with Crippen LogP contribution < -0.4 is 15.0 Å². The molecule has 0 unspecified atom stereocenters. The second kappa shape index (κ2) is 7.34. The number of ether oxygens (including phenoxy) is 1. The average molecular weight is 388 g/mol. The lowest BCUT2D eigenvalue weighted by atomic mass is 10.3. The lowest BCUT2D eigenvalue weighted by molar-refractivity contribution is 0.414. The standard InChI is InChI=1S/C20H20N8O/c1-29-17-4-2-16(3-5-17)28-19-18(25-26-28)12-22-20(24-19)23-14-8-11-27(13-14)15-6-9-21-10-7-15/h2-7,9-10,12,14H,8,11,13H2,1H3,(H,22,23,24)/t14-/m1/s1. The van der Waals surface area contributed by atoms with Crippen LogP contribution in [-0.2, 0) is 0 Å². The maximum Gasteiger partial charge on any atom is 0.225 e. The molecule has 4 aromatic rings. The molecule has 5 rings (SSSR count). The van der Waals surface area contributed by atoms with Gasteiger partial charge >= 0.3 is 0 Å². The van der Waals surface area contributed by atoms with Crippen molar-refractivity contribution in [3.05, 3.63) is 55.0 Å². The predicted octanol–water partition coefficient (Wildman–Crippen LogP) is 2.30. The van der Waals surface area contributed by atoms with Crippen LogP contribution in [0.15, 0.2) is 55.0 Å². The van der Waals surface area contributed by atoms with E-state index in [1.807, 2.05) is 48.8 Å². The maximum absolute atomic E-state index is 5.22. The predicted molar refractivity (Wildman–Crippen MR) is 109 cm³/mol. The molecule has 1 aliphatic heterocycles. The van der Waals surface area contributed by atoms with Gasteiger partial charge in [-0.1, -0.05) is 5.21 Å². The van der Waals surface area contributed by atoms with Crippen LogP contribution in [-0.4, -0.2) is 56.2 Å². The number of nitrogens with one attached hydrogen (secondary N) is 1. The largest absolute Gasteiger partial charge is 0.497 e. The van der Waals surface area contributed by atoms with Gasteiger partial charge in [0.2, 0.25) is 5.95 Å². The summed E-state index contributed by atoms with van der Waals surface area (Å²) in [5.41, 5.74) is 3.36. The van der Waals surface area contributed by atoms with E-state index in [0.717, 1.165) is 30.9 Å². The van der Waals surface area contributed by atoms with Gasteiger partial charge in [-0.2, -0.15) is 9.67 Å². The molecule has 0 aliphatic carbocycles. The molecule has 1 aromatic carbocycles. The van der Waals surface area contributed by atoms with Gasteiger partial charge in [-0.25, -0.2) is 4.98 Å². The zero-order valence-electron chi connectivity index (χ0n) is 15.9. The molecular formula is C20H20N8O. The zero-order valence-corrected chi connectivity index (χ0v) is 15.9. The molecule has 3 aromatic heterocycles. The summed E-state index contributed by atoms with van der Waals surface area (Å²) in [4.78, 5) is 15.5. The SMILES string of the molecule is COc1ccc(-n2nnc3cnc(N[C@@H]4CCN(c5ccncc5)C4)nc32)cc1. The molecule has 4 heterocycles. The van der Waals surface area contributed by atoms with Crippen LogP contribution in [0.25, 0.3) is 16.9 Å². The Morgan fingerprint density at radius 2 is 1.90 bits per heavy atom. The molecule has 0 saturated carbocycles. The molecule has 9 heteroatoms. The summed E-state index contributed by atoms with van der Waals surface area (Å²) in [6.07, 6.45) is 6.36. The third-order valence-corrected chi connectivity index (χ3v) is 5.06. The number of benzene rings is 1. The molecule has 1 atom stereocenters. The van der Waals surface area contributed by atoms with Crippen LogP contribution >= 0.6 is 0 Å². The van der Waals surface area contributed by atoms with Crippen LogP contribution in [0.1, 0.15) is 6.42 Å². The van der Waals surface area contributed by atoms with Gasteiger partial charge in [0, 0.05) is 37.2 Å². The highest BCUT2D eigenvalue weighted by Gasteiger charge is 2.23. The van der Waals surface area contributed by atoms with Crippen molar-refractivity contribution in [1.82, 2.24) is 29.9 Å². The van der Waals surface area contributed by atoms with E-state index in [1.165, 1.54) is 5.69 Å². The first-order chi connectivity index (χ1) is 14.3. The van der Waals surface area contributed by atoms with E-state index in [2.05, 4.69) is 35.5 Å². The Kier molecular flexibility index (Phi) is 4.39.